The van der Waals surface area contributed by atoms with E-state index in [0.29, 0.717) is 23.4 Å². The number of aliphatic hydroxyl groups is 1. The van der Waals surface area contributed by atoms with Gasteiger partial charge in [0, 0.05) is 45.7 Å². The Morgan fingerprint density at radius 1 is 1.18 bits per heavy atom. The summed E-state index contributed by atoms with van der Waals surface area (Å²) in [4.78, 5) is 8.88. The number of benzene rings is 2. The van der Waals surface area contributed by atoms with Crippen molar-refractivity contribution in [1.29, 1.82) is 0 Å². The lowest BCUT2D eigenvalue weighted by atomic mass is 10.0. The Balaban J connectivity index is 1.48. The SMILES string of the molecule is Cc1cc(N=S(C)(C)=O)cc2ncnc(Cc3ccc(F)cc3O[C@@H]3CO[C@H]4[C@@H]3OC[C@H]4O)c12. The highest BCUT2D eigenvalue weighted by Crippen LogP contribution is 2.33. The van der Waals surface area contributed by atoms with E-state index in [-0.39, 0.29) is 13.2 Å². The van der Waals surface area contributed by atoms with Crippen molar-refractivity contribution >= 4 is 26.3 Å². The van der Waals surface area contributed by atoms with Gasteiger partial charge < -0.3 is 19.3 Å². The molecular formula is C24H26FN3O5S. The van der Waals surface area contributed by atoms with Crippen LogP contribution in [-0.2, 0) is 25.6 Å². The number of hydrogen-bond donors (Lipinski definition) is 1. The van der Waals surface area contributed by atoms with Gasteiger partial charge in [-0.25, -0.2) is 18.6 Å². The fourth-order valence-corrected chi connectivity index (χ4v) is 5.18. The summed E-state index contributed by atoms with van der Waals surface area (Å²) in [6.07, 6.45) is 3.06. The Labute approximate surface area is 197 Å². The summed E-state index contributed by atoms with van der Waals surface area (Å²) in [7, 11) is -2.31. The number of ether oxygens (including phenoxy) is 3. The summed E-state index contributed by atoms with van der Waals surface area (Å²) < 4.78 is 48.0. The van der Waals surface area contributed by atoms with E-state index in [2.05, 4.69) is 14.3 Å². The second-order valence-electron chi connectivity index (χ2n) is 9.00. The van der Waals surface area contributed by atoms with Crippen LogP contribution in [0.3, 0.4) is 0 Å². The molecule has 0 unspecified atom stereocenters. The molecule has 10 heteroatoms. The van der Waals surface area contributed by atoms with Crippen LogP contribution in [0, 0.1) is 12.7 Å². The molecule has 3 aromatic rings. The van der Waals surface area contributed by atoms with Gasteiger partial charge in [-0.2, -0.15) is 4.36 Å². The molecule has 2 aliphatic rings. The van der Waals surface area contributed by atoms with Crippen molar-refractivity contribution in [3.8, 4) is 5.75 Å². The van der Waals surface area contributed by atoms with Gasteiger partial charge in [-0.3, -0.25) is 0 Å². The number of halogens is 1. The summed E-state index contributed by atoms with van der Waals surface area (Å²) in [6, 6.07) is 8.07. The first-order valence-electron chi connectivity index (χ1n) is 11.0. The number of aryl methyl sites for hydroxylation is 1. The second kappa shape index (κ2) is 8.84. The molecule has 2 saturated heterocycles. The zero-order valence-electron chi connectivity index (χ0n) is 19.1. The van der Waals surface area contributed by atoms with E-state index in [1.165, 1.54) is 18.5 Å². The number of nitrogens with zero attached hydrogens (tertiary/aromatic N) is 3. The van der Waals surface area contributed by atoms with Crippen LogP contribution < -0.4 is 4.74 Å². The minimum absolute atomic E-state index is 0.191. The predicted molar refractivity (Wildman–Crippen MR) is 125 cm³/mol. The zero-order chi connectivity index (χ0) is 24.0. The van der Waals surface area contributed by atoms with Gasteiger partial charge in [-0.05, 0) is 30.7 Å². The first-order valence-corrected chi connectivity index (χ1v) is 13.3. The molecule has 1 N–H and O–H groups in total. The van der Waals surface area contributed by atoms with Crippen molar-refractivity contribution in [3.05, 3.63) is 59.3 Å². The summed E-state index contributed by atoms with van der Waals surface area (Å²) in [5.41, 5.74) is 3.71. The van der Waals surface area contributed by atoms with Gasteiger partial charge in [0.25, 0.3) is 0 Å². The number of aliphatic hydroxyl groups excluding tert-OH is 1. The molecule has 0 bridgehead atoms. The lowest BCUT2D eigenvalue weighted by Crippen LogP contribution is -2.34. The third-order valence-corrected chi connectivity index (χ3v) is 6.62. The highest BCUT2D eigenvalue weighted by Gasteiger charge is 2.48. The molecule has 34 heavy (non-hydrogen) atoms. The molecule has 0 amide bonds. The van der Waals surface area contributed by atoms with Gasteiger partial charge in [0.2, 0.25) is 0 Å². The third kappa shape index (κ3) is 4.63. The van der Waals surface area contributed by atoms with E-state index in [1.54, 1.807) is 24.6 Å². The normalized spacial score (nSPS) is 24.4. The fraction of sp³-hybridized carbons (Fsp3) is 0.417. The first kappa shape index (κ1) is 23.1. The van der Waals surface area contributed by atoms with Crippen molar-refractivity contribution < 1.29 is 27.9 Å². The van der Waals surface area contributed by atoms with Crippen LogP contribution >= 0.6 is 0 Å². The largest absolute Gasteiger partial charge is 0.485 e. The summed E-state index contributed by atoms with van der Waals surface area (Å²) >= 11 is 0. The average Bonchev–Trinajstić information content (AvgIpc) is 3.32. The summed E-state index contributed by atoms with van der Waals surface area (Å²) in [5, 5.41) is 10.8. The van der Waals surface area contributed by atoms with E-state index in [1.807, 2.05) is 13.0 Å². The molecule has 3 heterocycles. The van der Waals surface area contributed by atoms with Crippen LogP contribution in [0.4, 0.5) is 10.1 Å². The van der Waals surface area contributed by atoms with Gasteiger partial charge in [-0.1, -0.05) is 6.07 Å². The maximum atomic E-state index is 14.1. The van der Waals surface area contributed by atoms with Gasteiger partial charge in [0.15, 0.2) is 6.10 Å². The molecular weight excluding hydrogens is 461 g/mol. The van der Waals surface area contributed by atoms with E-state index in [9.17, 15) is 13.7 Å². The second-order valence-corrected chi connectivity index (χ2v) is 11.5. The van der Waals surface area contributed by atoms with E-state index < -0.39 is 40.0 Å². The Morgan fingerprint density at radius 2 is 1.97 bits per heavy atom. The molecule has 0 radical (unpaired) electrons. The molecule has 0 spiro atoms. The van der Waals surface area contributed by atoms with Crippen molar-refractivity contribution in [2.75, 3.05) is 25.7 Å². The Hall–Kier alpha value is -2.66. The van der Waals surface area contributed by atoms with Gasteiger partial charge >= 0.3 is 0 Å². The zero-order valence-corrected chi connectivity index (χ0v) is 19.9. The maximum Gasteiger partial charge on any atom is 0.151 e. The lowest BCUT2D eigenvalue weighted by Gasteiger charge is -2.20. The third-order valence-electron chi connectivity index (χ3n) is 5.97. The van der Waals surface area contributed by atoms with Gasteiger partial charge in [0.05, 0.1) is 30.1 Å². The highest BCUT2D eigenvalue weighted by atomic mass is 32.2. The smallest absolute Gasteiger partial charge is 0.151 e. The van der Waals surface area contributed by atoms with Crippen LogP contribution in [-0.4, -0.2) is 69.4 Å². The lowest BCUT2D eigenvalue weighted by molar-refractivity contribution is 0.00843. The number of rotatable bonds is 5. The molecule has 0 aliphatic carbocycles. The summed E-state index contributed by atoms with van der Waals surface area (Å²) in [6.45, 7) is 2.38. The summed E-state index contributed by atoms with van der Waals surface area (Å²) in [5.74, 6) is -0.0359. The predicted octanol–water partition coefficient (Wildman–Crippen LogP) is 2.93. The minimum Gasteiger partial charge on any atom is -0.485 e. The molecule has 4 atom stereocenters. The fourth-order valence-electron chi connectivity index (χ4n) is 4.57. The quantitative estimate of drug-likeness (QED) is 0.590. The molecule has 8 nitrogen and oxygen atoms in total. The molecule has 1 aromatic heterocycles. The topological polar surface area (TPSA) is 103 Å². The van der Waals surface area contributed by atoms with Crippen molar-refractivity contribution in [2.45, 2.75) is 37.8 Å². The van der Waals surface area contributed by atoms with Gasteiger partial charge in [0.1, 0.15) is 36.2 Å². The highest BCUT2D eigenvalue weighted by molar-refractivity contribution is 7.92. The van der Waals surface area contributed by atoms with E-state index >= 15 is 0 Å². The van der Waals surface area contributed by atoms with Crippen LogP contribution in [0.2, 0.25) is 0 Å². The Morgan fingerprint density at radius 3 is 2.76 bits per heavy atom. The Bertz CT molecular complexity index is 1370. The average molecular weight is 488 g/mol. The van der Waals surface area contributed by atoms with Crippen molar-refractivity contribution in [2.24, 2.45) is 4.36 Å². The van der Waals surface area contributed by atoms with Crippen LogP contribution in [0.5, 0.6) is 5.75 Å². The van der Waals surface area contributed by atoms with Crippen LogP contribution in [0.15, 0.2) is 41.0 Å². The molecule has 2 aromatic carbocycles. The van der Waals surface area contributed by atoms with Crippen LogP contribution in [0.25, 0.3) is 10.9 Å². The standard InChI is InChI=1S/C24H26FN3O5S/c1-13-6-16(28-34(2,3)30)9-18-22(13)17(26-12-27-18)7-14-4-5-15(25)8-20(14)33-21-11-32-23-19(29)10-31-24(21)23/h4-6,8-9,12,19,21,23-24,29H,7,10-11H2,1-3H3/t19-,21-,23-,24-/m1/s1. The minimum atomic E-state index is -2.31. The Kier molecular flexibility index (Phi) is 6.01. The molecule has 2 aliphatic heterocycles. The maximum absolute atomic E-state index is 14.1. The number of aromatic nitrogens is 2. The first-order chi connectivity index (χ1) is 16.2. The van der Waals surface area contributed by atoms with Crippen LogP contribution in [0.1, 0.15) is 16.8 Å². The van der Waals surface area contributed by atoms with Crippen molar-refractivity contribution in [1.82, 2.24) is 9.97 Å². The van der Waals surface area contributed by atoms with Gasteiger partial charge in [-0.15, -0.1) is 0 Å². The molecule has 180 valence electrons. The van der Waals surface area contributed by atoms with E-state index in [4.69, 9.17) is 14.2 Å². The number of hydrogen-bond acceptors (Lipinski definition) is 8. The molecule has 0 saturated carbocycles. The molecule has 2 fully saturated rings. The van der Waals surface area contributed by atoms with Crippen molar-refractivity contribution in [3.63, 3.8) is 0 Å². The monoisotopic (exact) mass is 487 g/mol. The van der Waals surface area contributed by atoms with E-state index in [0.717, 1.165) is 22.2 Å². The molecule has 5 rings (SSSR count). The number of fused-ring (bicyclic) bond motifs is 2.